The van der Waals surface area contributed by atoms with Gasteiger partial charge in [-0.15, -0.1) is 10.2 Å². The van der Waals surface area contributed by atoms with E-state index in [2.05, 4.69) is 34.8 Å². The summed E-state index contributed by atoms with van der Waals surface area (Å²) in [5.74, 6) is 0.828. The second kappa shape index (κ2) is 6.87. The molecular weight excluding hydrogens is 340 g/mol. The highest BCUT2D eigenvalue weighted by Gasteiger charge is 2.30. The quantitative estimate of drug-likeness (QED) is 0.699. The molecule has 2 atom stereocenters. The van der Waals surface area contributed by atoms with Gasteiger partial charge in [0.05, 0.1) is 5.69 Å². The number of carbonyl (C=O) groups is 1. The fourth-order valence-electron chi connectivity index (χ4n) is 3.78. The molecule has 1 aliphatic heterocycles. The molecule has 6 heteroatoms. The maximum atomic E-state index is 12.0. The van der Waals surface area contributed by atoms with E-state index in [1.165, 1.54) is 6.08 Å². The van der Waals surface area contributed by atoms with Gasteiger partial charge in [0, 0.05) is 35.7 Å². The highest BCUT2D eigenvalue weighted by molar-refractivity contribution is 5.87. The minimum Gasteiger partial charge on any atom is -0.507 e. The summed E-state index contributed by atoms with van der Waals surface area (Å²) in [6, 6.07) is 11.1. The first-order chi connectivity index (χ1) is 13.1. The van der Waals surface area contributed by atoms with E-state index in [0.29, 0.717) is 29.4 Å². The number of benzene rings is 1. The molecule has 0 radical (unpaired) electrons. The van der Waals surface area contributed by atoms with Crippen molar-refractivity contribution < 1.29 is 9.90 Å². The molecule has 0 bridgehead atoms. The average Bonchev–Trinajstić information content (AvgIpc) is 3.11. The molecule has 1 amide bonds. The molecule has 4 rings (SSSR count). The van der Waals surface area contributed by atoms with Gasteiger partial charge in [0.15, 0.2) is 5.65 Å². The van der Waals surface area contributed by atoms with E-state index in [-0.39, 0.29) is 17.6 Å². The average molecular weight is 362 g/mol. The Balaban J connectivity index is 1.68. The number of H-pyrrole nitrogens is 1. The number of hydrogen-bond donors (Lipinski definition) is 2. The SMILES string of the molecule is C=CC(=O)N1CC[C@H](C)[C@H](c2cc3cc(-c4ccccc4O)nnc3[nH]2)C1. The lowest BCUT2D eigenvalue weighted by Crippen LogP contribution is -2.41. The molecule has 0 aliphatic carbocycles. The van der Waals surface area contributed by atoms with Gasteiger partial charge < -0.3 is 15.0 Å². The number of para-hydroxylation sites is 1. The van der Waals surface area contributed by atoms with Crippen molar-refractivity contribution in [2.24, 2.45) is 5.92 Å². The highest BCUT2D eigenvalue weighted by atomic mass is 16.3. The van der Waals surface area contributed by atoms with Crippen LogP contribution < -0.4 is 0 Å². The zero-order valence-electron chi connectivity index (χ0n) is 15.2. The smallest absolute Gasteiger partial charge is 0.245 e. The number of likely N-dealkylation sites (tertiary alicyclic amines) is 1. The molecule has 3 aromatic rings. The number of aromatic hydroxyl groups is 1. The number of aromatic amines is 1. The van der Waals surface area contributed by atoms with Crippen molar-refractivity contribution in [3.8, 4) is 17.0 Å². The van der Waals surface area contributed by atoms with Gasteiger partial charge in [0.25, 0.3) is 0 Å². The van der Waals surface area contributed by atoms with E-state index in [9.17, 15) is 9.90 Å². The summed E-state index contributed by atoms with van der Waals surface area (Å²) in [5.41, 5.74) is 3.06. The molecule has 1 aromatic carbocycles. The van der Waals surface area contributed by atoms with Crippen LogP contribution in [0.3, 0.4) is 0 Å². The molecule has 6 nitrogen and oxygen atoms in total. The molecule has 3 heterocycles. The van der Waals surface area contributed by atoms with Crippen LogP contribution in [0.2, 0.25) is 0 Å². The summed E-state index contributed by atoms with van der Waals surface area (Å²) in [5, 5.41) is 19.6. The van der Waals surface area contributed by atoms with Crippen molar-refractivity contribution in [3.63, 3.8) is 0 Å². The van der Waals surface area contributed by atoms with Crippen molar-refractivity contribution in [1.29, 1.82) is 0 Å². The summed E-state index contributed by atoms with van der Waals surface area (Å²) in [4.78, 5) is 17.2. The summed E-state index contributed by atoms with van der Waals surface area (Å²) in [7, 11) is 0. The Kier molecular flexibility index (Phi) is 4.39. The Bertz CT molecular complexity index is 1010. The highest BCUT2D eigenvalue weighted by Crippen LogP contribution is 2.34. The Morgan fingerprint density at radius 1 is 1.33 bits per heavy atom. The summed E-state index contributed by atoms with van der Waals surface area (Å²) < 4.78 is 0. The van der Waals surface area contributed by atoms with Crippen LogP contribution in [0.15, 0.2) is 49.1 Å². The topological polar surface area (TPSA) is 82.1 Å². The Hall–Kier alpha value is -3.15. The summed E-state index contributed by atoms with van der Waals surface area (Å²) >= 11 is 0. The third kappa shape index (κ3) is 3.18. The zero-order valence-corrected chi connectivity index (χ0v) is 15.2. The maximum Gasteiger partial charge on any atom is 0.245 e. The maximum absolute atomic E-state index is 12.0. The van der Waals surface area contributed by atoms with Crippen LogP contribution in [0.5, 0.6) is 5.75 Å². The van der Waals surface area contributed by atoms with E-state index in [0.717, 1.165) is 24.0 Å². The molecule has 2 aromatic heterocycles. The van der Waals surface area contributed by atoms with Crippen molar-refractivity contribution in [3.05, 3.63) is 54.7 Å². The third-order valence-corrected chi connectivity index (χ3v) is 5.42. The molecule has 1 aliphatic rings. The number of rotatable bonds is 3. The van der Waals surface area contributed by atoms with Crippen molar-refractivity contribution >= 4 is 16.9 Å². The number of phenols is 1. The van der Waals surface area contributed by atoms with E-state index < -0.39 is 0 Å². The Morgan fingerprint density at radius 3 is 2.93 bits per heavy atom. The number of phenolic OH excluding ortho intramolecular Hbond substituents is 1. The van der Waals surface area contributed by atoms with Gasteiger partial charge in [0.2, 0.25) is 5.91 Å². The molecule has 138 valence electrons. The van der Waals surface area contributed by atoms with Crippen molar-refractivity contribution in [2.45, 2.75) is 19.3 Å². The summed E-state index contributed by atoms with van der Waals surface area (Å²) in [6.45, 7) is 7.24. The minimum absolute atomic E-state index is 0.0235. The number of nitrogens with zero attached hydrogens (tertiary/aromatic N) is 3. The summed E-state index contributed by atoms with van der Waals surface area (Å²) in [6.07, 6.45) is 2.33. The van der Waals surface area contributed by atoms with Crippen LogP contribution in [0.4, 0.5) is 0 Å². The first-order valence-electron chi connectivity index (χ1n) is 9.13. The minimum atomic E-state index is -0.0235. The lowest BCUT2D eigenvalue weighted by atomic mass is 9.84. The largest absolute Gasteiger partial charge is 0.507 e. The van der Waals surface area contributed by atoms with Crippen LogP contribution in [-0.2, 0) is 4.79 Å². The molecule has 1 fully saturated rings. The van der Waals surface area contributed by atoms with Gasteiger partial charge in [-0.3, -0.25) is 4.79 Å². The first kappa shape index (κ1) is 17.3. The van der Waals surface area contributed by atoms with Gasteiger partial charge in [-0.05, 0) is 42.7 Å². The standard InChI is InChI=1S/C21H22N4O2/c1-3-20(27)25-9-8-13(2)16(12-25)17-10-14-11-18(23-24-21(14)22-17)15-6-4-5-7-19(15)26/h3-7,10-11,13,16,26H,1,8-9,12H2,2H3,(H,22,24)/t13-,16+/m0/s1. The van der Waals surface area contributed by atoms with Gasteiger partial charge in [0.1, 0.15) is 5.75 Å². The molecule has 2 N–H and O–H groups in total. The lowest BCUT2D eigenvalue weighted by molar-refractivity contribution is -0.127. The normalized spacial score (nSPS) is 20.0. The number of hydrogen-bond acceptors (Lipinski definition) is 4. The second-order valence-corrected chi connectivity index (χ2v) is 7.14. The van der Waals surface area contributed by atoms with Gasteiger partial charge in [-0.2, -0.15) is 0 Å². The van der Waals surface area contributed by atoms with E-state index in [1.807, 2.05) is 23.1 Å². The van der Waals surface area contributed by atoms with Crippen molar-refractivity contribution in [1.82, 2.24) is 20.1 Å². The van der Waals surface area contributed by atoms with E-state index >= 15 is 0 Å². The van der Waals surface area contributed by atoms with E-state index in [1.54, 1.807) is 12.1 Å². The van der Waals surface area contributed by atoms with Crippen LogP contribution in [-0.4, -0.2) is 44.2 Å². The number of aromatic nitrogens is 3. The van der Waals surface area contributed by atoms with Crippen LogP contribution in [0.25, 0.3) is 22.3 Å². The predicted molar refractivity (Wildman–Crippen MR) is 104 cm³/mol. The van der Waals surface area contributed by atoms with Crippen molar-refractivity contribution in [2.75, 3.05) is 13.1 Å². The number of piperidine rings is 1. The molecule has 0 saturated carbocycles. The van der Waals surface area contributed by atoms with E-state index in [4.69, 9.17) is 0 Å². The van der Waals surface area contributed by atoms with Gasteiger partial charge >= 0.3 is 0 Å². The third-order valence-electron chi connectivity index (χ3n) is 5.42. The van der Waals surface area contributed by atoms with Crippen LogP contribution in [0, 0.1) is 5.92 Å². The molecule has 0 spiro atoms. The lowest BCUT2D eigenvalue weighted by Gasteiger charge is -2.36. The fraction of sp³-hybridized carbons (Fsp3) is 0.286. The Labute approximate surface area is 157 Å². The molecular formula is C21H22N4O2. The van der Waals surface area contributed by atoms with Crippen LogP contribution in [0.1, 0.15) is 25.0 Å². The number of fused-ring (bicyclic) bond motifs is 1. The Morgan fingerprint density at radius 2 is 2.15 bits per heavy atom. The van der Waals surface area contributed by atoms with Gasteiger partial charge in [-0.1, -0.05) is 25.6 Å². The molecule has 1 saturated heterocycles. The predicted octanol–water partition coefficient (Wildman–Crippen LogP) is 3.47. The zero-order chi connectivity index (χ0) is 19.0. The number of amides is 1. The molecule has 0 unspecified atom stereocenters. The first-order valence-corrected chi connectivity index (χ1v) is 9.13. The number of nitrogens with one attached hydrogen (secondary N) is 1. The van der Waals surface area contributed by atoms with Crippen LogP contribution >= 0.6 is 0 Å². The molecule has 27 heavy (non-hydrogen) atoms. The fourth-order valence-corrected chi connectivity index (χ4v) is 3.78. The second-order valence-electron chi connectivity index (χ2n) is 7.14. The van der Waals surface area contributed by atoms with Gasteiger partial charge in [-0.25, -0.2) is 0 Å². The number of carbonyl (C=O) groups excluding carboxylic acids is 1. The monoisotopic (exact) mass is 362 g/mol.